The van der Waals surface area contributed by atoms with E-state index in [1.54, 1.807) is 0 Å². The number of hydrogen-bond acceptors (Lipinski definition) is 1. The van der Waals surface area contributed by atoms with E-state index >= 15 is 0 Å². The third-order valence-electron chi connectivity index (χ3n) is 4.20. The van der Waals surface area contributed by atoms with Gasteiger partial charge in [-0.25, -0.2) is 0 Å². The van der Waals surface area contributed by atoms with E-state index in [1.165, 1.54) is 43.3 Å². The van der Waals surface area contributed by atoms with E-state index in [9.17, 15) is 4.79 Å². The summed E-state index contributed by atoms with van der Waals surface area (Å²) in [4.78, 5) is 11.6. The molecule has 0 aliphatic heterocycles. The van der Waals surface area contributed by atoms with Crippen LogP contribution in [0, 0.1) is 11.3 Å². The van der Waals surface area contributed by atoms with Crippen LogP contribution in [0.4, 0.5) is 0 Å². The van der Waals surface area contributed by atoms with Gasteiger partial charge in [-0.1, -0.05) is 39.2 Å². The fourth-order valence-electron chi connectivity index (χ4n) is 3.33. The minimum atomic E-state index is 0.0351. The molecule has 94 valence electrons. The van der Waals surface area contributed by atoms with Crippen LogP contribution in [0.25, 0.3) is 0 Å². The van der Waals surface area contributed by atoms with Crippen molar-refractivity contribution in [2.75, 3.05) is 0 Å². The zero-order valence-electron chi connectivity index (χ0n) is 11.4. The van der Waals surface area contributed by atoms with Crippen molar-refractivity contribution >= 4 is 5.78 Å². The van der Waals surface area contributed by atoms with Crippen molar-refractivity contribution < 1.29 is 4.79 Å². The van der Waals surface area contributed by atoms with Crippen LogP contribution in [0.5, 0.6) is 0 Å². The Morgan fingerprint density at radius 1 is 1.24 bits per heavy atom. The normalized spacial score (nSPS) is 28.3. The van der Waals surface area contributed by atoms with Gasteiger partial charge in [0.2, 0.25) is 0 Å². The van der Waals surface area contributed by atoms with Crippen LogP contribution < -0.4 is 0 Å². The standard InChI is InChI=1S/C16H24O/c1-12-9-14(17)11-16(2,3)15(12)10-13-7-5-4-6-8-13/h9-10,13H,4-8,11H2,1-3H3. The summed E-state index contributed by atoms with van der Waals surface area (Å²) in [7, 11) is 0. The molecule has 0 aromatic heterocycles. The average molecular weight is 232 g/mol. The molecule has 1 fully saturated rings. The number of allylic oxidation sites excluding steroid dienone is 4. The number of hydrogen-bond donors (Lipinski definition) is 0. The zero-order valence-corrected chi connectivity index (χ0v) is 11.4. The predicted molar refractivity (Wildman–Crippen MR) is 71.8 cm³/mol. The second-order valence-corrected chi connectivity index (χ2v) is 6.33. The Labute approximate surface area is 105 Å². The molecule has 0 aromatic rings. The summed E-state index contributed by atoms with van der Waals surface area (Å²) >= 11 is 0. The first kappa shape index (κ1) is 12.6. The Balaban J connectivity index is 2.24. The first-order valence-electron chi connectivity index (χ1n) is 6.93. The Morgan fingerprint density at radius 3 is 2.47 bits per heavy atom. The lowest BCUT2D eigenvalue weighted by atomic mass is 9.71. The van der Waals surface area contributed by atoms with Gasteiger partial charge in [0.05, 0.1) is 0 Å². The summed E-state index contributed by atoms with van der Waals surface area (Å²) in [5.74, 6) is 1.03. The van der Waals surface area contributed by atoms with Crippen molar-refractivity contribution in [3.8, 4) is 0 Å². The van der Waals surface area contributed by atoms with Crippen molar-refractivity contribution in [3.05, 3.63) is 23.3 Å². The van der Waals surface area contributed by atoms with E-state index in [2.05, 4.69) is 26.8 Å². The third kappa shape index (κ3) is 2.88. The summed E-state index contributed by atoms with van der Waals surface area (Å²) in [6, 6.07) is 0. The van der Waals surface area contributed by atoms with Crippen molar-refractivity contribution in [2.24, 2.45) is 11.3 Å². The molecule has 2 rings (SSSR count). The predicted octanol–water partition coefficient (Wildman–Crippen LogP) is 4.44. The lowest BCUT2D eigenvalue weighted by Gasteiger charge is -2.33. The highest BCUT2D eigenvalue weighted by Gasteiger charge is 2.31. The highest BCUT2D eigenvalue weighted by molar-refractivity contribution is 5.93. The Morgan fingerprint density at radius 2 is 1.88 bits per heavy atom. The first-order chi connectivity index (χ1) is 7.99. The van der Waals surface area contributed by atoms with E-state index in [1.807, 2.05) is 6.08 Å². The highest BCUT2D eigenvalue weighted by Crippen LogP contribution is 2.41. The summed E-state index contributed by atoms with van der Waals surface area (Å²) in [6.07, 6.45) is 11.8. The second-order valence-electron chi connectivity index (χ2n) is 6.33. The molecule has 0 heterocycles. The fourth-order valence-corrected chi connectivity index (χ4v) is 3.33. The molecule has 0 saturated heterocycles. The molecule has 2 aliphatic rings. The monoisotopic (exact) mass is 232 g/mol. The molecule has 1 heteroatoms. The number of ketones is 1. The van der Waals surface area contributed by atoms with Crippen LogP contribution in [0.3, 0.4) is 0 Å². The minimum absolute atomic E-state index is 0.0351. The van der Waals surface area contributed by atoms with Crippen LogP contribution in [0.1, 0.15) is 59.3 Å². The maximum absolute atomic E-state index is 11.6. The van der Waals surface area contributed by atoms with Crippen LogP contribution in [0.15, 0.2) is 23.3 Å². The molecular weight excluding hydrogens is 208 g/mol. The Kier molecular flexibility index (Phi) is 3.56. The van der Waals surface area contributed by atoms with Gasteiger partial charge in [-0.15, -0.1) is 0 Å². The van der Waals surface area contributed by atoms with Crippen LogP contribution in [-0.2, 0) is 4.79 Å². The minimum Gasteiger partial charge on any atom is -0.295 e. The molecular formula is C16H24O. The molecule has 17 heavy (non-hydrogen) atoms. The summed E-state index contributed by atoms with van der Waals surface area (Å²) in [6.45, 7) is 6.50. The quantitative estimate of drug-likeness (QED) is 0.653. The molecule has 0 aromatic carbocycles. The van der Waals surface area contributed by atoms with E-state index < -0.39 is 0 Å². The molecule has 0 radical (unpaired) electrons. The van der Waals surface area contributed by atoms with Gasteiger partial charge in [-0.05, 0) is 48.3 Å². The number of carbonyl (C=O) groups is 1. The maximum atomic E-state index is 11.6. The van der Waals surface area contributed by atoms with E-state index in [4.69, 9.17) is 0 Å². The zero-order chi connectivity index (χ0) is 12.5. The van der Waals surface area contributed by atoms with Crippen LogP contribution in [-0.4, -0.2) is 5.78 Å². The fraction of sp³-hybridized carbons (Fsp3) is 0.688. The molecule has 0 N–H and O–H groups in total. The highest BCUT2D eigenvalue weighted by atomic mass is 16.1. The van der Waals surface area contributed by atoms with Gasteiger partial charge in [-0.2, -0.15) is 0 Å². The van der Waals surface area contributed by atoms with Crippen LogP contribution in [0.2, 0.25) is 0 Å². The SMILES string of the molecule is CC1=CC(=O)CC(C)(C)C1=CC1CCCCC1. The topological polar surface area (TPSA) is 17.1 Å². The van der Waals surface area contributed by atoms with Gasteiger partial charge in [-0.3, -0.25) is 4.79 Å². The maximum Gasteiger partial charge on any atom is 0.156 e. The Hall–Kier alpha value is -0.850. The molecule has 0 bridgehead atoms. The van der Waals surface area contributed by atoms with Gasteiger partial charge in [0.25, 0.3) is 0 Å². The molecule has 0 unspecified atom stereocenters. The third-order valence-corrected chi connectivity index (χ3v) is 4.20. The van der Waals surface area contributed by atoms with Gasteiger partial charge in [0.15, 0.2) is 5.78 Å². The lowest BCUT2D eigenvalue weighted by molar-refractivity contribution is -0.116. The number of rotatable bonds is 1. The van der Waals surface area contributed by atoms with E-state index in [0.29, 0.717) is 6.42 Å². The summed E-state index contributed by atoms with van der Waals surface area (Å²) in [5, 5.41) is 0. The smallest absolute Gasteiger partial charge is 0.156 e. The van der Waals surface area contributed by atoms with Crippen molar-refractivity contribution in [1.82, 2.24) is 0 Å². The molecule has 1 saturated carbocycles. The lowest BCUT2D eigenvalue weighted by Crippen LogP contribution is -2.25. The van der Waals surface area contributed by atoms with Crippen LogP contribution >= 0.6 is 0 Å². The molecule has 0 atom stereocenters. The summed E-state index contributed by atoms with van der Waals surface area (Å²) < 4.78 is 0. The average Bonchev–Trinajstić information content (AvgIpc) is 2.24. The van der Waals surface area contributed by atoms with Gasteiger partial charge in [0, 0.05) is 6.42 Å². The van der Waals surface area contributed by atoms with Crippen molar-refractivity contribution in [2.45, 2.75) is 59.3 Å². The van der Waals surface area contributed by atoms with Crippen molar-refractivity contribution in [1.29, 1.82) is 0 Å². The first-order valence-corrected chi connectivity index (χ1v) is 6.93. The largest absolute Gasteiger partial charge is 0.295 e. The van der Waals surface area contributed by atoms with Crippen molar-refractivity contribution in [3.63, 3.8) is 0 Å². The number of carbonyl (C=O) groups excluding carboxylic acids is 1. The summed E-state index contributed by atoms with van der Waals surface area (Å²) in [5.41, 5.74) is 2.65. The van der Waals surface area contributed by atoms with Gasteiger partial charge < -0.3 is 0 Å². The molecule has 2 aliphatic carbocycles. The van der Waals surface area contributed by atoms with E-state index in [0.717, 1.165) is 5.92 Å². The molecule has 1 nitrogen and oxygen atoms in total. The van der Waals surface area contributed by atoms with Gasteiger partial charge >= 0.3 is 0 Å². The van der Waals surface area contributed by atoms with Gasteiger partial charge in [0.1, 0.15) is 0 Å². The molecule has 0 amide bonds. The second kappa shape index (κ2) is 4.80. The Bertz CT molecular complexity index is 365. The van der Waals surface area contributed by atoms with E-state index in [-0.39, 0.29) is 11.2 Å². The molecule has 0 spiro atoms.